The molecule has 1 amide bonds. The lowest BCUT2D eigenvalue weighted by Gasteiger charge is -2.35. The van der Waals surface area contributed by atoms with Crippen LogP contribution in [0.3, 0.4) is 0 Å². The largest absolute Gasteiger partial charge is 0.336 e. The molecule has 0 radical (unpaired) electrons. The van der Waals surface area contributed by atoms with Gasteiger partial charge in [-0.05, 0) is 18.1 Å². The van der Waals surface area contributed by atoms with Crippen molar-refractivity contribution in [2.24, 2.45) is 5.92 Å². The Morgan fingerprint density at radius 2 is 2.17 bits per heavy atom. The monoisotopic (exact) mass is 266 g/mol. The maximum Gasteiger partial charge on any atom is 0.255 e. The number of nitrogens with zero attached hydrogens (tertiary/aromatic N) is 1. The number of nitrogens with one attached hydrogen (secondary N) is 1. The van der Waals surface area contributed by atoms with Crippen molar-refractivity contribution in [3.63, 3.8) is 0 Å². The van der Waals surface area contributed by atoms with Crippen molar-refractivity contribution in [3.8, 4) is 0 Å². The topological polar surface area (TPSA) is 32.3 Å². The van der Waals surface area contributed by atoms with Gasteiger partial charge in [0.25, 0.3) is 5.91 Å². The summed E-state index contributed by atoms with van der Waals surface area (Å²) in [7, 11) is 0. The van der Waals surface area contributed by atoms with Gasteiger partial charge in [0.05, 0.1) is 10.6 Å². The Bertz CT molecular complexity index is 434. The fourth-order valence-corrected chi connectivity index (χ4v) is 2.43. The Morgan fingerprint density at radius 3 is 2.83 bits per heavy atom. The number of piperazine rings is 1. The second-order valence-corrected chi connectivity index (χ2v) is 5.44. The first-order valence-corrected chi connectivity index (χ1v) is 6.74. The summed E-state index contributed by atoms with van der Waals surface area (Å²) in [5, 5.41) is 3.97. The van der Waals surface area contributed by atoms with E-state index in [2.05, 4.69) is 19.2 Å². The Morgan fingerprint density at radius 1 is 1.44 bits per heavy atom. The molecule has 1 saturated heterocycles. The Kier molecular flexibility index (Phi) is 4.25. The molecule has 0 spiro atoms. The van der Waals surface area contributed by atoms with Crippen LogP contribution >= 0.6 is 11.6 Å². The van der Waals surface area contributed by atoms with E-state index >= 15 is 0 Å². The third-order valence-electron chi connectivity index (χ3n) is 3.40. The molecule has 18 heavy (non-hydrogen) atoms. The van der Waals surface area contributed by atoms with Gasteiger partial charge in [-0.15, -0.1) is 0 Å². The van der Waals surface area contributed by atoms with E-state index in [1.807, 2.05) is 17.0 Å². The molecule has 1 aromatic rings. The number of rotatable bonds is 2. The molecule has 1 aromatic carbocycles. The van der Waals surface area contributed by atoms with Crippen LogP contribution in [0.4, 0.5) is 0 Å². The highest BCUT2D eigenvalue weighted by atomic mass is 35.5. The average molecular weight is 267 g/mol. The van der Waals surface area contributed by atoms with Crippen molar-refractivity contribution in [2.45, 2.75) is 19.9 Å². The summed E-state index contributed by atoms with van der Waals surface area (Å²) in [6.07, 6.45) is 0. The lowest BCUT2D eigenvalue weighted by atomic mass is 10.0. The van der Waals surface area contributed by atoms with Gasteiger partial charge in [0.15, 0.2) is 0 Å². The lowest BCUT2D eigenvalue weighted by molar-refractivity contribution is 0.0684. The number of amides is 1. The van der Waals surface area contributed by atoms with Gasteiger partial charge in [0.2, 0.25) is 0 Å². The molecular weight excluding hydrogens is 248 g/mol. The Labute approximate surface area is 113 Å². The third-order valence-corrected chi connectivity index (χ3v) is 3.73. The third kappa shape index (κ3) is 2.85. The predicted molar refractivity (Wildman–Crippen MR) is 74.0 cm³/mol. The average Bonchev–Trinajstić information content (AvgIpc) is 2.38. The van der Waals surface area contributed by atoms with Crippen LogP contribution in [-0.4, -0.2) is 36.5 Å². The standard InChI is InChI=1S/C14H19ClN2O/c1-10(2)13-9-17(8-7-16-13)14(18)11-5-3-4-6-12(11)15/h3-6,10,13,16H,7-9H2,1-2H3. The van der Waals surface area contributed by atoms with Crippen LogP contribution in [0, 0.1) is 5.92 Å². The van der Waals surface area contributed by atoms with E-state index in [4.69, 9.17) is 11.6 Å². The molecule has 0 saturated carbocycles. The summed E-state index contributed by atoms with van der Waals surface area (Å²) in [5.74, 6) is 0.555. The highest BCUT2D eigenvalue weighted by molar-refractivity contribution is 6.33. The molecule has 1 heterocycles. The van der Waals surface area contributed by atoms with E-state index < -0.39 is 0 Å². The van der Waals surface area contributed by atoms with Gasteiger partial charge >= 0.3 is 0 Å². The molecule has 1 N–H and O–H groups in total. The summed E-state index contributed by atoms with van der Waals surface area (Å²) in [6, 6.07) is 7.61. The number of carbonyl (C=O) groups is 1. The Balaban J connectivity index is 2.12. The zero-order valence-electron chi connectivity index (χ0n) is 10.8. The predicted octanol–water partition coefficient (Wildman–Crippen LogP) is 2.41. The number of hydrogen-bond donors (Lipinski definition) is 1. The molecule has 1 fully saturated rings. The molecule has 4 heteroatoms. The van der Waals surface area contributed by atoms with Gasteiger partial charge in [0, 0.05) is 25.7 Å². The van der Waals surface area contributed by atoms with Crippen molar-refractivity contribution in [1.29, 1.82) is 0 Å². The van der Waals surface area contributed by atoms with E-state index in [-0.39, 0.29) is 5.91 Å². The zero-order valence-corrected chi connectivity index (χ0v) is 11.6. The maximum absolute atomic E-state index is 12.4. The fraction of sp³-hybridized carbons (Fsp3) is 0.500. The molecule has 3 nitrogen and oxygen atoms in total. The van der Waals surface area contributed by atoms with Gasteiger partial charge in [-0.25, -0.2) is 0 Å². The molecule has 98 valence electrons. The second-order valence-electron chi connectivity index (χ2n) is 5.04. The number of hydrogen-bond acceptors (Lipinski definition) is 2. The summed E-state index contributed by atoms with van der Waals surface area (Å²) >= 11 is 6.07. The lowest BCUT2D eigenvalue weighted by Crippen LogP contribution is -2.54. The van der Waals surface area contributed by atoms with Gasteiger partial charge in [-0.3, -0.25) is 4.79 Å². The molecule has 0 aliphatic carbocycles. The van der Waals surface area contributed by atoms with E-state index in [1.165, 1.54) is 0 Å². The molecule has 1 aliphatic heterocycles. The zero-order chi connectivity index (χ0) is 13.1. The fourth-order valence-electron chi connectivity index (χ4n) is 2.21. The first kappa shape index (κ1) is 13.4. The summed E-state index contributed by atoms with van der Waals surface area (Å²) < 4.78 is 0. The van der Waals surface area contributed by atoms with Gasteiger partial charge < -0.3 is 10.2 Å². The molecule has 0 aromatic heterocycles. The Hall–Kier alpha value is -1.06. The smallest absolute Gasteiger partial charge is 0.255 e. The number of halogens is 1. The van der Waals surface area contributed by atoms with E-state index in [0.717, 1.165) is 19.6 Å². The van der Waals surface area contributed by atoms with Gasteiger partial charge in [-0.1, -0.05) is 37.6 Å². The van der Waals surface area contributed by atoms with Crippen molar-refractivity contribution in [3.05, 3.63) is 34.9 Å². The molecule has 1 atom stereocenters. The molecule has 0 bridgehead atoms. The van der Waals surface area contributed by atoms with Crippen LogP contribution in [0.2, 0.25) is 5.02 Å². The van der Waals surface area contributed by atoms with Crippen LogP contribution in [0.15, 0.2) is 24.3 Å². The minimum Gasteiger partial charge on any atom is -0.336 e. The van der Waals surface area contributed by atoms with Crippen LogP contribution in [0.25, 0.3) is 0 Å². The van der Waals surface area contributed by atoms with Crippen molar-refractivity contribution in [1.82, 2.24) is 10.2 Å². The summed E-state index contributed by atoms with van der Waals surface area (Å²) in [4.78, 5) is 14.3. The first-order valence-electron chi connectivity index (χ1n) is 6.37. The van der Waals surface area contributed by atoms with Crippen molar-refractivity contribution in [2.75, 3.05) is 19.6 Å². The van der Waals surface area contributed by atoms with E-state index in [1.54, 1.807) is 12.1 Å². The van der Waals surface area contributed by atoms with E-state index in [9.17, 15) is 4.79 Å². The normalized spacial score (nSPS) is 20.2. The number of benzene rings is 1. The van der Waals surface area contributed by atoms with Crippen molar-refractivity contribution < 1.29 is 4.79 Å². The summed E-state index contributed by atoms with van der Waals surface area (Å²) in [5.41, 5.74) is 0.601. The molecule has 2 rings (SSSR count). The molecule has 1 unspecified atom stereocenters. The van der Waals surface area contributed by atoms with Gasteiger partial charge in [-0.2, -0.15) is 0 Å². The number of carbonyl (C=O) groups excluding carboxylic acids is 1. The quantitative estimate of drug-likeness (QED) is 0.892. The van der Waals surface area contributed by atoms with Crippen molar-refractivity contribution >= 4 is 17.5 Å². The highest BCUT2D eigenvalue weighted by Crippen LogP contribution is 2.18. The SMILES string of the molecule is CC(C)C1CN(C(=O)c2ccccc2Cl)CCN1. The highest BCUT2D eigenvalue weighted by Gasteiger charge is 2.26. The van der Waals surface area contributed by atoms with Crippen LogP contribution < -0.4 is 5.32 Å². The minimum atomic E-state index is 0.0350. The van der Waals surface area contributed by atoms with Crippen LogP contribution in [-0.2, 0) is 0 Å². The van der Waals surface area contributed by atoms with Crippen LogP contribution in [0.1, 0.15) is 24.2 Å². The summed E-state index contributed by atoms with van der Waals surface area (Å²) in [6.45, 7) is 6.68. The maximum atomic E-state index is 12.4. The van der Waals surface area contributed by atoms with Crippen LogP contribution in [0.5, 0.6) is 0 Å². The second kappa shape index (κ2) is 5.72. The molecule has 1 aliphatic rings. The van der Waals surface area contributed by atoms with Gasteiger partial charge in [0.1, 0.15) is 0 Å². The molecular formula is C14H19ClN2O. The van der Waals surface area contributed by atoms with E-state index in [0.29, 0.717) is 22.5 Å². The first-order chi connectivity index (χ1) is 8.59. The minimum absolute atomic E-state index is 0.0350.